The van der Waals surface area contributed by atoms with Gasteiger partial charge in [-0.25, -0.2) is 0 Å². The monoisotopic (exact) mass is 572 g/mol. The van der Waals surface area contributed by atoms with Gasteiger partial charge in [-0.3, -0.25) is 0 Å². The van der Waals surface area contributed by atoms with E-state index in [-0.39, 0.29) is 0 Å². The normalized spacial score (nSPS) is 23.9. The van der Waals surface area contributed by atoms with E-state index in [1.165, 1.54) is 73.6 Å². The Morgan fingerprint density at radius 2 is 0.930 bits per heavy atom. The maximum absolute atomic E-state index is 11.0. The average Bonchev–Trinajstić information content (AvgIpc) is 3.07. The lowest BCUT2D eigenvalue weighted by atomic mass is 9.68. The summed E-state index contributed by atoms with van der Waals surface area (Å²) in [6.45, 7) is 4.78. The molecule has 6 rings (SSSR count). The van der Waals surface area contributed by atoms with Crippen LogP contribution in [0, 0.1) is 11.8 Å². The summed E-state index contributed by atoms with van der Waals surface area (Å²) in [6.07, 6.45) is 10.5. The van der Waals surface area contributed by atoms with Crippen molar-refractivity contribution in [2.45, 2.75) is 95.3 Å². The second-order valence-corrected chi connectivity index (χ2v) is 13.5. The Morgan fingerprint density at radius 1 is 0.535 bits per heavy atom. The number of benzene rings is 4. The smallest absolute Gasteiger partial charge is 0.119 e. The Bertz CT molecular complexity index is 1360. The molecule has 0 saturated heterocycles. The fourth-order valence-electron chi connectivity index (χ4n) is 8.51. The first-order valence-electron chi connectivity index (χ1n) is 16.7. The van der Waals surface area contributed by atoms with E-state index in [0.717, 1.165) is 11.1 Å². The SMILES string of the molecule is CC(c1ccccc1)C1CCCCC1c1ccc(O)c(Cc2cc(C3CCCCC3C(C)c3ccccc3)ccc2O)c1. The molecule has 0 aromatic heterocycles. The maximum atomic E-state index is 11.0. The topological polar surface area (TPSA) is 40.5 Å². The molecule has 2 fully saturated rings. The molecule has 6 atom stereocenters. The number of phenols is 2. The zero-order valence-corrected chi connectivity index (χ0v) is 26.0. The molecule has 2 N–H and O–H groups in total. The minimum absolute atomic E-state index is 0.324. The van der Waals surface area contributed by atoms with Crippen LogP contribution in [0.15, 0.2) is 97.1 Å². The highest BCUT2D eigenvalue weighted by molar-refractivity contribution is 5.46. The van der Waals surface area contributed by atoms with E-state index >= 15 is 0 Å². The van der Waals surface area contributed by atoms with E-state index in [9.17, 15) is 10.2 Å². The van der Waals surface area contributed by atoms with Crippen molar-refractivity contribution in [3.63, 3.8) is 0 Å². The third-order valence-electron chi connectivity index (χ3n) is 11.0. The van der Waals surface area contributed by atoms with E-state index in [2.05, 4.69) is 98.8 Å². The highest BCUT2D eigenvalue weighted by Gasteiger charge is 2.33. The molecule has 2 aliphatic rings. The molecule has 0 bridgehead atoms. The molecule has 0 amide bonds. The molecular weight excluding hydrogens is 524 g/mol. The van der Waals surface area contributed by atoms with Crippen LogP contribution in [0.1, 0.15) is 122 Å². The Labute approximate surface area is 258 Å². The summed E-state index contributed by atoms with van der Waals surface area (Å²) >= 11 is 0. The zero-order valence-electron chi connectivity index (χ0n) is 26.0. The minimum Gasteiger partial charge on any atom is -0.508 e. The van der Waals surface area contributed by atoms with E-state index < -0.39 is 0 Å². The van der Waals surface area contributed by atoms with Gasteiger partial charge in [0.05, 0.1) is 0 Å². The summed E-state index contributed by atoms with van der Waals surface area (Å²) in [6, 6.07) is 34.4. The fourth-order valence-corrected chi connectivity index (χ4v) is 8.51. The first kappa shape index (κ1) is 29.5. The predicted molar refractivity (Wildman–Crippen MR) is 178 cm³/mol. The molecular formula is C41H48O2. The summed E-state index contributed by atoms with van der Waals surface area (Å²) in [7, 11) is 0. The second kappa shape index (κ2) is 13.4. The van der Waals surface area contributed by atoms with Crippen LogP contribution in [0.4, 0.5) is 0 Å². The molecule has 6 unspecified atom stereocenters. The van der Waals surface area contributed by atoms with Crippen LogP contribution in [0.3, 0.4) is 0 Å². The standard InChI is InChI=1S/C41H48O2/c1-28(30-13-5-3-6-14-30)36-17-9-11-19-38(36)32-21-23-40(42)34(25-32)27-35-26-33(22-24-41(35)43)39-20-12-10-18-37(39)29(2)31-15-7-4-8-16-31/h3-8,13-16,21-26,28-29,36-39,42-43H,9-12,17-20,27H2,1-2H3. The van der Waals surface area contributed by atoms with Crippen molar-refractivity contribution in [2.75, 3.05) is 0 Å². The molecule has 0 radical (unpaired) electrons. The van der Waals surface area contributed by atoms with Crippen molar-refractivity contribution in [2.24, 2.45) is 11.8 Å². The Hall–Kier alpha value is -3.52. The summed E-state index contributed by atoms with van der Waals surface area (Å²) in [5.74, 6) is 3.75. The fraction of sp³-hybridized carbons (Fsp3) is 0.415. The van der Waals surface area contributed by atoms with Crippen molar-refractivity contribution >= 4 is 0 Å². The molecule has 43 heavy (non-hydrogen) atoms. The average molecular weight is 573 g/mol. The van der Waals surface area contributed by atoms with Gasteiger partial charge in [0.1, 0.15) is 11.5 Å². The van der Waals surface area contributed by atoms with Crippen molar-refractivity contribution in [1.82, 2.24) is 0 Å². The number of phenolic OH excluding ortho intramolecular Hbond substituents is 2. The largest absolute Gasteiger partial charge is 0.508 e. The first-order valence-corrected chi connectivity index (χ1v) is 16.7. The summed E-state index contributed by atoms with van der Waals surface area (Å²) in [5, 5.41) is 22.0. The van der Waals surface area contributed by atoms with E-state index in [1.807, 2.05) is 12.1 Å². The lowest BCUT2D eigenvalue weighted by Crippen LogP contribution is -2.23. The Morgan fingerprint density at radius 3 is 1.35 bits per heavy atom. The summed E-state index contributed by atoms with van der Waals surface area (Å²) < 4.78 is 0. The van der Waals surface area contributed by atoms with Crippen molar-refractivity contribution in [3.05, 3.63) is 130 Å². The van der Waals surface area contributed by atoms with E-state index in [0.29, 0.717) is 53.4 Å². The van der Waals surface area contributed by atoms with Gasteiger partial charge >= 0.3 is 0 Å². The number of hydrogen-bond acceptors (Lipinski definition) is 2. The van der Waals surface area contributed by atoms with Gasteiger partial charge in [0, 0.05) is 6.42 Å². The van der Waals surface area contributed by atoms with Gasteiger partial charge in [0.15, 0.2) is 0 Å². The highest BCUT2D eigenvalue weighted by atomic mass is 16.3. The molecule has 0 spiro atoms. The molecule has 4 aromatic rings. The first-order chi connectivity index (χ1) is 21.0. The third kappa shape index (κ3) is 6.54. The van der Waals surface area contributed by atoms with Crippen LogP contribution >= 0.6 is 0 Å². The quantitative estimate of drug-likeness (QED) is 0.220. The van der Waals surface area contributed by atoms with Crippen LogP contribution in [-0.4, -0.2) is 10.2 Å². The van der Waals surface area contributed by atoms with Crippen molar-refractivity contribution < 1.29 is 10.2 Å². The number of rotatable bonds is 8. The molecule has 2 aliphatic carbocycles. The highest BCUT2D eigenvalue weighted by Crippen LogP contribution is 2.47. The van der Waals surface area contributed by atoms with E-state index in [1.54, 1.807) is 0 Å². The van der Waals surface area contributed by atoms with Gasteiger partial charge in [-0.15, -0.1) is 0 Å². The minimum atomic E-state index is 0.324. The van der Waals surface area contributed by atoms with Crippen molar-refractivity contribution in [1.29, 1.82) is 0 Å². The van der Waals surface area contributed by atoms with Gasteiger partial charge in [0.25, 0.3) is 0 Å². The molecule has 4 aromatic carbocycles. The molecule has 2 saturated carbocycles. The van der Waals surface area contributed by atoms with Crippen LogP contribution in [-0.2, 0) is 6.42 Å². The van der Waals surface area contributed by atoms with Crippen molar-refractivity contribution in [3.8, 4) is 11.5 Å². The van der Waals surface area contributed by atoms with E-state index in [4.69, 9.17) is 0 Å². The van der Waals surface area contributed by atoms with Crippen LogP contribution in [0.25, 0.3) is 0 Å². The van der Waals surface area contributed by atoms with Gasteiger partial charge in [-0.1, -0.05) is 124 Å². The number of hydrogen-bond donors (Lipinski definition) is 2. The van der Waals surface area contributed by atoms with Gasteiger partial charge in [-0.05, 0) is 107 Å². The summed E-state index contributed by atoms with van der Waals surface area (Å²) in [4.78, 5) is 0. The number of aromatic hydroxyl groups is 2. The maximum Gasteiger partial charge on any atom is 0.119 e. The molecule has 0 heterocycles. The predicted octanol–water partition coefficient (Wildman–Crippen LogP) is 10.8. The summed E-state index contributed by atoms with van der Waals surface area (Å²) in [5.41, 5.74) is 7.34. The van der Waals surface area contributed by atoms with Crippen LogP contribution in [0.2, 0.25) is 0 Å². The Balaban J connectivity index is 1.26. The molecule has 2 nitrogen and oxygen atoms in total. The third-order valence-corrected chi connectivity index (χ3v) is 11.0. The van der Waals surface area contributed by atoms with Crippen LogP contribution in [0.5, 0.6) is 11.5 Å². The molecule has 0 aliphatic heterocycles. The lowest BCUT2D eigenvalue weighted by Gasteiger charge is -2.37. The molecule has 224 valence electrons. The molecule has 2 heteroatoms. The van der Waals surface area contributed by atoms with Gasteiger partial charge < -0.3 is 10.2 Å². The Kier molecular flexibility index (Phi) is 9.22. The van der Waals surface area contributed by atoms with Crippen LogP contribution < -0.4 is 0 Å². The van der Waals surface area contributed by atoms with Gasteiger partial charge in [0.2, 0.25) is 0 Å². The zero-order chi connectivity index (χ0) is 29.8. The lowest BCUT2D eigenvalue weighted by molar-refractivity contribution is 0.270. The second-order valence-electron chi connectivity index (χ2n) is 13.5. The van der Waals surface area contributed by atoms with Gasteiger partial charge in [-0.2, -0.15) is 0 Å².